The number of hydrogen-bond acceptors (Lipinski definition) is 3. The monoisotopic (exact) mass is 321 g/mol. The summed E-state index contributed by atoms with van der Waals surface area (Å²) in [6.45, 7) is 1.33. The van der Waals surface area contributed by atoms with Gasteiger partial charge in [-0.2, -0.15) is 0 Å². The first-order valence-electron chi connectivity index (χ1n) is 7.68. The van der Waals surface area contributed by atoms with Crippen LogP contribution in [-0.2, 0) is 14.3 Å². The smallest absolute Gasteiger partial charge is 0.244 e. The fourth-order valence-corrected chi connectivity index (χ4v) is 3.22. The van der Waals surface area contributed by atoms with Crippen molar-refractivity contribution in [2.45, 2.75) is 37.5 Å². The van der Waals surface area contributed by atoms with Gasteiger partial charge in [0.1, 0.15) is 0 Å². The Labute approximate surface area is 135 Å². The van der Waals surface area contributed by atoms with E-state index in [4.69, 9.17) is 21.1 Å². The van der Waals surface area contributed by atoms with E-state index in [1.165, 1.54) is 6.08 Å². The Morgan fingerprint density at radius 2 is 1.95 bits per heavy atom. The largest absolute Gasteiger partial charge is 0.373 e. The third-order valence-corrected chi connectivity index (χ3v) is 4.49. The van der Waals surface area contributed by atoms with Crippen molar-refractivity contribution in [2.24, 2.45) is 0 Å². The van der Waals surface area contributed by atoms with Gasteiger partial charge in [0, 0.05) is 17.1 Å². The number of carbonyl (C=O) groups is 1. The van der Waals surface area contributed by atoms with Gasteiger partial charge in [0.2, 0.25) is 5.91 Å². The third kappa shape index (κ3) is 3.88. The van der Waals surface area contributed by atoms with Crippen LogP contribution in [0.2, 0.25) is 5.02 Å². The van der Waals surface area contributed by atoms with E-state index < -0.39 is 0 Å². The number of ether oxygens (including phenoxy) is 2. The van der Waals surface area contributed by atoms with Crippen molar-refractivity contribution < 1.29 is 14.3 Å². The van der Waals surface area contributed by atoms with Crippen LogP contribution in [0.25, 0.3) is 6.08 Å². The van der Waals surface area contributed by atoms with E-state index in [-0.39, 0.29) is 24.2 Å². The van der Waals surface area contributed by atoms with E-state index in [0.29, 0.717) is 18.2 Å². The molecule has 0 spiro atoms. The summed E-state index contributed by atoms with van der Waals surface area (Å²) in [4.78, 5) is 12.0. The maximum atomic E-state index is 12.0. The Kier molecular flexibility index (Phi) is 5.13. The average Bonchev–Trinajstić information content (AvgIpc) is 2.54. The van der Waals surface area contributed by atoms with Crippen LogP contribution in [0.15, 0.2) is 30.3 Å². The Hall–Kier alpha value is -1.36. The molecule has 1 aliphatic carbocycles. The minimum absolute atomic E-state index is 0.0971. The van der Waals surface area contributed by atoms with Gasteiger partial charge in [0.15, 0.2) is 0 Å². The number of nitrogens with one attached hydrogen (secondary N) is 1. The highest BCUT2D eigenvalue weighted by atomic mass is 35.5. The van der Waals surface area contributed by atoms with Crippen LogP contribution >= 0.6 is 11.6 Å². The second-order valence-electron chi connectivity index (χ2n) is 5.69. The maximum absolute atomic E-state index is 12.0. The summed E-state index contributed by atoms with van der Waals surface area (Å²) in [5.74, 6) is -0.0971. The molecule has 1 saturated heterocycles. The van der Waals surface area contributed by atoms with E-state index in [1.54, 1.807) is 12.1 Å². The van der Waals surface area contributed by atoms with E-state index >= 15 is 0 Å². The first-order chi connectivity index (χ1) is 10.7. The van der Waals surface area contributed by atoms with Gasteiger partial charge in [-0.05, 0) is 37.0 Å². The number of halogens is 1. The van der Waals surface area contributed by atoms with Gasteiger partial charge in [-0.3, -0.25) is 4.79 Å². The average molecular weight is 322 g/mol. The summed E-state index contributed by atoms with van der Waals surface area (Å²) in [5, 5.41) is 3.68. The molecule has 0 bridgehead atoms. The molecule has 2 fully saturated rings. The fraction of sp³-hybridized carbons (Fsp3) is 0.471. The summed E-state index contributed by atoms with van der Waals surface area (Å²) in [5.41, 5.74) is 0.840. The zero-order valence-corrected chi connectivity index (χ0v) is 13.1. The van der Waals surface area contributed by atoms with Crippen molar-refractivity contribution in [1.29, 1.82) is 0 Å². The zero-order valence-electron chi connectivity index (χ0n) is 12.3. The normalized spacial score (nSPS) is 28.3. The van der Waals surface area contributed by atoms with Gasteiger partial charge >= 0.3 is 0 Å². The number of hydrogen-bond donors (Lipinski definition) is 1. The van der Waals surface area contributed by atoms with Crippen LogP contribution in [0.4, 0.5) is 0 Å². The quantitative estimate of drug-likeness (QED) is 0.871. The SMILES string of the molecule is O=C(/C=C/c1ccccc1Cl)N[C@@H]1CC[C@@H]2OCCO[C@H]2C1. The van der Waals surface area contributed by atoms with Crippen molar-refractivity contribution in [1.82, 2.24) is 5.32 Å². The number of fused-ring (bicyclic) bond motifs is 1. The predicted molar refractivity (Wildman–Crippen MR) is 85.7 cm³/mol. The lowest BCUT2D eigenvalue weighted by Gasteiger charge is -2.38. The van der Waals surface area contributed by atoms with Gasteiger partial charge in [-0.15, -0.1) is 0 Å². The molecule has 0 aromatic heterocycles. The Morgan fingerprint density at radius 1 is 1.18 bits per heavy atom. The molecular weight excluding hydrogens is 302 g/mol. The standard InChI is InChI=1S/C17H20ClNO3/c18-14-4-2-1-3-12(14)5-8-17(20)19-13-6-7-15-16(11-13)22-10-9-21-15/h1-5,8,13,15-16H,6-7,9-11H2,(H,19,20)/b8-5+/t13-,15+,16+/m1/s1. The number of benzene rings is 1. The highest BCUT2D eigenvalue weighted by Gasteiger charge is 2.34. The summed E-state index contributed by atoms with van der Waals surface area (Å²) in [6.07, 6.45) is 6.26. The first-order valence-corrected chi connectivity index (χ1v) is 8.06. The Morgan fingerprint density at radius 3 is 2.77 bits per heavy atom. The molecule has 22 heavy (non-hydrogen) atoms. The summed E-state index contributed by atoms with van der Waals surface area (Å²) >= 11 is 6.06. The van der Waals surface area contributed by atoms with E-state index in [9.17, 15) is 4.79 Å². The van der Waals surface area contributed by atoms with E-state index in [0.717, 1.165) is 24.8 Å². The molecule has 1 aliphatic heterocycles. The molecule has 1 N–H and O–H groups in total. The highest BCUT2D eigenvalue weighted by Crippen LogP contribution is 2.26. The molecule has 1 saturated carbocycles. The summed E-state index contributed by atoms with van der Waals surface area (Å²) in [6, 6.07) is 7.59. The first kappa shape index (κ1) is 15.5. The lowest BCUT2D eigenvalue weighted by molar-refractivity contribution is -0.158. The van der Waals surface area contributed by atoms with Crippen LogP contribution in [0.3, 0.4) is 0 Å². The molecule has 118 valence electrons. The van der Waals surface area contributed by atoms with E-state index in [1.807, 2.05) is 18.2 Å². The number of amides is 1. The molecule has 1 amide bonds. The molecule has 1 aromatic rings. The second-order valence-corrected chi connectivity index (χ2v) is 6.10. The van der Waals surface area contributed by atoms with Gasteiger partial charge in [0.25, 0.3) is 0 Å². The van der Waals surface area contributed by atoms with E-state index in [2.05, 4.69) is 5.32 Å². The van der Waals surface area contributed by atoms with Gasteiger partial charge < -0.3 is 14.8 Å². The highest BCUT2D eigenvalue weighted by molar-refractivity contribution is 6.32. The molecule has 4 nitrogen and oxygen atoms in total. The minimum Gasteiger partial charge on any atom is -0.373 e. The summed E-state index contributed by atoms with van der Waals surface area (Å²) in [7, 11) is 0. The van der Waals surface area contributed by atoms with Gasteiger partial charge in [-0.1, -0.05) is 29.8 Å². The third-order valence-electron chi connectivity index (χ3n) is 4.14. The van der Waals surface area contributed by atoms with Gasteiger partial charge in [0.05, 0.1) is 25.4 Å². The fourth-order valence-electron chi connectivity index (χ4n) is 3.02. The number of rotatable bonds is 3. The summed E-state index contributed by atoms with van der Waals surface area (Å²) < 4.78 is 11.4. The Bertz CT molecular complexity index is 561. The molecule has 3 atom stereocenters. The molecule has 5 heteroatoms. The molecule has 2 aliphatic rings. The lowest BCUT2D eigenvalue weighted by atomic mass is 9.89. The van der Waals surface area contributed by atoms with Crippen molar-refractivity contribution >= 4 is 23.6 Å². The second kappa shape index (κ2) is 7.27. The lowest BCUT2D eigenvalue weighted by Crippen LogP contribution is -2.49. The van der Waals surface area contributed by atoms with Crippen molar-refractivity contribution in [2.75, 3.05) is 13.2 Å². The minimum atomic E-state index is -0.0971. The molecule has 1 heterocycles. The van der Waals surface area contributed by atoms with Crippen LogP contribution in [0.5, 0.6) is 0 Å². The Balaban J connectivity index is 1.53. The molecule has 1 aromatic carbocycles. The topological polar surface area (TPSA) is 47.6 Å². The zero-order chi connectivity index (χ0) is 15.4. The molecule has 0 radical (unpaired) electrons. The van der Waals surface area contributed by atoms with Crippen LogP contribution in [0, 0.1) is 0 Å². The predicted octanol–water partition coefficient (Wildman–Crippen LogP) is 2.81. The van der Waals surface area contributed by atoms with Crippen LogP contribution in [0.1, 0.15) is 24.8 Å². The molecular formula is C17H20ClNO3. The molecule has 0 unspecified atom stereocenters. The van der Waals surface area contributed by atoms with Crippen LogP contribution < -0.4 is 5.32 Å². The number of carbonyl (C=O) groups excluding carboxylic acids is 1. The van der Waals surface area contributed by atoms with Gasteiger partial charge in [-0.25, -0.2) is 0 Å². The maximum Gasteiger partial charge on any atom is 0.244 e. The van der Waals surface area contributed by atoms with Crippen molar-refractivity contribution in [3.05, 3.63) is 40.9 Å². The van der Waals surface area contributed by atoms with Crippen LogP contribution in [-0.4, -0.2) is 37.4 Å². The van der Waals surface area contributed by atoms with Crippen molar-refractivity contribution in [3.8, 4) is 0 Å². The van der Waals surface area contributed by atoms with Crippen molar-refractivity contribution in [3.63, 3.8) is 0 Å². The molecule has 3 rings (SSSR count).